The molecule has 2 rings (SSSR count). The van der Waals surface area contributed by atoms with Crippen LogP contribution in [-0.4, -0.2) is 31.6 Å². The van der Waals surface area contributed by atoms with Crippen LogP contribution in [0.1, 0.15) is 37.0 Å². The molecule has 2 aromatic rings. The van der Waals surface area contributed by atoms with Crippen LogP contribution >= 0.6 is 0 Å². The molecular weight excluding hydrogens is 378 g/mol. The fourth-order valence-corrected chi connectivity index (χ4v) is 4.03. The molecule has 0 atom stereocenters. The van der Waals surface area contributed by atoms with Crippen LogP contribution < -0.4 is 9.46 Å². The van der Waals surface area contributed by atoms with Crippen molar-refractivity contribution in [3.63, 3.8) is 0 Å². The molecule has 0 amide bonds. The largest absolute Gasteiger partial charge is 0.423 e. The molecule has 6 nitrogen and oxygen atoms in total. The van der Waals surface area contributed by atoms with Crippen molar-refractivity contribution in [3.8, 4) is 5.75 Å². The summed E-state index contributed by atoms with van der Waals surface area (Å²) < 4.78 is 33.4. The summed E-state index contributed by atoms with van der Waals surface area (Å²) in [5.74, 6) is -0.403. The molecule has 0 heterocycles. The maximum atomic E-state index is 12.7. The SMILES string of the molecule is CC(C)(CC/C=C/CO)NS(=O)(=O)c1cccc(OC(=O)c2ccccc2)c1. The number of carbonyl (C=O) groups is 1. The molecular formula is C21H25NO5S. The van der Waals surface area contributed by atoms with Crippen molar-refractivity contribution in [1.29, 1.82) is 0 Å². The third-order valence-corrected chi connectivity index (χ3v) is 5.65. The maximum absolute atomic E-state index is 12.7. The van der Waals surface area contributed by atoms with Crippen LogP contribution in [0.2, 0.25) is 0 Å². The van der Waals surface area contributed by atoms with Gasteiger partial charge in [0.2, 0.25) is 10.0 Å². The topological polar surface area (TPSA) is 92.7 Å². The van der Waals surface area contributed by atoms with Gasteiger partial charge in [0, 0.05) is 11.6 Å². The van der Waals surface area contributed by atoms with Crippen molar-refractivity contribution >= 4 is 16.0 Å². The average molecular weight is 404 g/mol. The summed E-state index contributed by atoms with van der Waals surface area (Å²) in [4.78, 5) is 12.2. The highest BCUT2D eigenvalue weighted by Crippen LogP contribution is 2.22. The molecule has 150 valence electrons. The van der Waals surface area contributed by atoms with Gasteiger partial charge in [0.25, 0.3) is 0 Å². The van der Waals surface area contributed by atoms with Gasteiger partial charge in [0.1, 0.15) is 5.75 Å². The number of hydrogen-bond donors (Lipinski definition) is 2. The number of ether oxygens (including phenoxy) is 1. The van der Waals surface area contributed by atoms with Crippen LogP contribution in [0.15, 0.2) is 71.6 Å². The Bertz CT molecular complexity index is 921. The Morgan fingerprint density at radius 3 is 2.50 bits per heavy atom. The third-order valence-electron chi connectivity index (χ3n) is 3.95. The monoisotopic (exact) mass is 403 g/mol. The van der Waals surface area contributed by atoms with Crippen molar-refractivity contribution in [2.45, 2.75) is 37.1 Å². The Kier molecular flexibility index (Phi) is 7.51. The molecule has 0 aliphatic carbocycles. The lowest BCUT2D eigenvalue weighted by molar-refractivity contribution is 0.0734. The number of allylic oxidation sites excluding steroid dienone is 1. The molecule has 2 N–H and O–H groups in total. The number of esters is 1. The van der Waals surface area contributed by atoms with Gasteiger partial charge in [-0.1, -0.05) is 36.4 Å². The van der Waals surface area contributed by atoms with Gasteiger partial charge in [-0.2, -0.15) is 0 Å². The standard InChI is InChI=1S/C21H25NO5S/c1-21(2,14-7-4-8-15-23)22-28(25,26)19-13-9-12-18(16-19)27-20(24)17-10-5-3-6-11-17/h3-6,8-13,16,22-23H,7,14-15H2,1-2H3/b8-4+. The number of hydrogen-bond acceptors (Lipinski definition) is 5. The Morgan fingerprint density at radius 1 is 1.11 bits per heavy atom. The quantitative estimate of drug-likeness (QED) is 0.381. The first kappa shape index (κ1) is 21.8. The smallest absolute Gasteiger partial charge is 0.343 e. The van der Waals surface area contributed by atoms with Crippen molar-refractivity contribution < 1.29 is 23.1 Å². The van der Waals surface area contributed by atoms with Gasteiger partial charge < -0.3 is 9.84 Å². The van der Waals surface area contributed by atoms with E-state index in [0.29, 0.717) is 18.4 Å². The number of aliphatic hydroxyl groups is 1. The molecule has 0 aromatic heterocycles. The van der Waals surface area contributed by atoms with Crippen LogP contribution in [0.5, 0.6) is 5.75 Å². The highest BCUT2D eigenvalue weighted by atomic mass is 32.2. The molecule has 0 aliphatic rings. The summed E-state index contributed by atoms with van der Waals surface area (Å²) in [7, 11) is -3.80. The molecule has 0 fully saturated rings. The number of nitrogens with one attached hydrogen (secondary N) is 1. The molecule has 28 heavy (non-hydrogen) atoms. The molecule has 2 aromatic carbocycles. The summed E-state index contributed by atoms with van der Waals surface area (Å²) in [5, 5.41) is 8.76. The predicted octanol–water partition coefficient (Wildman–Crippen LogP) is 3.29. The Hall–Kier alpha value is -2.48. The first-order valence-corrected chi connectivity index (χ1v) is 10.4. The maximum Gasteiger partial charge on any atom is 0.343 e. The van der Waals surface area contributed by atoms with Gasteiger partial charge in [0.15, 0.2) is 0 Å². The van der Waals surface area contributed by atoms with Gasteiger partial charge in [-0.05, 0) is 51.0 Å². The van der Waals surface area contributed by atoms with Crippen LogP contribution in [0.4, 0.5) is 0 Å². The molecule has 0 saturated carbocycles. The van der Waals surface area contributed by atoms with E-state index >= 15 is 0 Å². The molecule has 0 radical (unpaired) electrons. The first-order chi connectivity index (χ1) is 13.2. The normalized spacial score (nSPS) is 12.2. The molecule has 0 saturated heterocycles. The fraction of sp³-hybridized carbons (Fsp3) is 0.286. The zero-order chi connectivity index (χ0) is 20.6. The fourth-order valence-electron chi connectivity index (χ4n) is 2.56. The van der Waals surface area contributed by atoms with E-state index in [9.17, 15) is 13.2 Å². The van der Waals surface area contributed by atoms with Gasteiger partial charge in [-0.25, -0.2) is 17.9 Å². The summed E-state index contributed by atoms with van der Waals surface area (Å²) in [6.07, 6.45) is 4.62. The Morgan fingerprint density at radius 2 is 1.82 bits per heavy atom. The lowest BCUT2D eigenvalue weighted by atomic mass is 10.00. The van der Waals surface area contributed by atoms with Gasteiger partial charge >= 0.3 is 5.97 Å². The second kappa shape index (κ2) is 9.64. The molecule has 0 spiro atoms. The number of rotatable bonds is 9. The minimum absolute atomic E-state index is 0.0184. The van der Waals surface area contributed by atoms with E-state index in [2.05, 4.69) is 4.72 Å². The zero-order valence-corrected chi connectivity index (χ0v) is 16.8. The third kappa shape index (κ3) is 6.60. The van der Waals surface area contributed by atoms with Crippen molar-refractivity contribution in [3.05, 3.63) is 72.3 Å². The van der Waals surface area contributed by atoms with E-state index in [1.54, 1.807) is 56.3 Å². The predicted molar refractivity (Wildman–Crippen MR) is 108 cm³/mol. The summed E-state index contributed by atoms with van der Waals surface area (Å²) in [6.45, 7) is 3.54. The second-order valence-corrected chi connectivity index (χ2v) is 8.59. The number of benzene rings is 2. The Balaban J connectivity index is 2.10. The number of aliphatic hydroxyl groups excluding tert-OH is 1. The highest BCUT2D eigenvalue weighted by Gasteiger charge is 2.26. The van der Waals surface area contributed by atoms with E-state index in [4.69, 9.17) is 9.84 Å². The van der Waals surface area contributed by atoms with Crippen LogP contribution in [-0.2, 0) is 10.0 Å². The number of carbonyl (C=O) groups excluding carboxylic acids is 1. The lowest BCUT2D eigenvalue weighted by Crippen LogP contribution is -2.43. The van der Waals surface area contributed by atoms with Crippen LogP contribution in [0.25, 0.3) is 0 Å². The van der Waals surface area contributed by atoms with E-state index < -0.39 is 21.5 Å². The van der Waals surface area contributed by atoms with Crippen molar-refractivity contribution in [2.24, 2.45) is 0 Å². The van der Waals surface area contributed by atoms with Gasteiger partial charge in [-0.3, -0.25) is 0 Å². The van der Waals surface area contributed by atoms with E-state index in [1.165, 1.54) is 24.3 Å². The minimum Gasteiger partial charge on any atom is -0.423 e. The second-order valence-electron chi connectivity index (χ2n) is 6.91. The van der Waals surface area contributed by atoms with Crippen molar-refractivity contribution in [2.75, 3.05) is 6.61 Å². The van der Waals surface area contributed by atoms with Gasteiger partial charge in [-0.15, -0.1) is 0 Å². The number of sulfonamides is 1. The van der Waals surface area contributed by atoms with Crippen LogP contribution in [0, 0.1) is 0 Å². The summed E-state index contributed by atoms with van der Waals surface area (Å²) >= 11 is 0. The summed E-state index contributed by atoms with van der Waals surface area (Å²) in [6, 6.07) is 14.3. The van der Waals surface area contributed by atoms with E-state index in [0.717, 1.165) is 0 Å². The molecule has 0 unspecified atom stereocenters. The first-order valence-electron chi connectivity index (χ1n) is 8.91. The minimum atomic E-state index is -3.80. The molecule has 0 aliphatic heterocycles. The average Bonchev–Trinajstić information content (AvgIpc) is 2.65. The summed E-state index contributed by atoms with van der Waals surface area (Å²) in [5.41, 5.74) is -0.305. The van der Waals surface area contributed by atoms with Crippen molar-refractivity contribution in [1.82, 2.24) is 4.72 Å². The van der Waals surface area contributed by atoms with E-state index in [1.807, 2.05) is 0 Å². The zero-order valence-electron chi connectivity index (χ0n) is 16.0. The molecule has 0 bridgehead atoms. The lowest BCUT2D eigenvalue weighted by Gasteiger charge is -2.25. The molecule has 7 heteroatoms. The Labute approximate surface area is 165 Å². The van der Waals surface area contributed by atoms with Gasteiger partial charge in [0.05, 0.1) is 17.1 Å². The van der Waals surface area contributed by atoms with E-state index in [-0.39, 0.29) is 17.3 Å². The highest BCUT2D eigenvalue weighted by molar-refractivity contribution is 7.89. The van der Waals surface area contributed by atoms with Crippen LogP contribution in [0.3, 0.4) is 0 Å².